The zero-order valence-corrected chi connectivity index (χ0v) is 11.6. The molecule has 0 aliphatic carbocycles. The van der Waals surface area contributed by atoms with Crippen molar-refractivity contribution in [2.75, 3.05) is 19.6 Å². The van der Waals surface area contributed by atoms with Crippen LogP contribution in [0.5, 0.6) is 0 Å². The van der Waals surface area contributed by atoms with Gasteiger partial charge in [0.1, 0.15) is 0 Å². The van der Waals surface area contributed by atoms with Crippen LogP contribution in [0.15, 0.2) is 18.2 Å². The van der Waals surface area contributed by atoms with E-state index in [0.29, 0.717) is 0 Å². The van der Waals surface area contributed by atoms with Crippen LogP contribution in [0.3, 0.4) is 0 Å². The summed E-state index contributed by atoms with van der Waals surface area (Å²) in [6, 6.07) is 6.71. The van der Waals surface area contributed by atoms with E-state index in [1.165, 1.54) is 16.7 Å². The summed E-state index contributed by atoms with van der Waals surface area (Å²) in [7, 11) is 0. The third kappa shape index (κ3) is 4.88. The molecule has 0 spiro atoms. The van der Waals surface area contributed by atoms with Gasteiger partial charge in [0.15, 0.2) is 0 Å². The Balaban J connectivity index is 2.34. The van der Waals surface area contributed by atoms with E-state index in [0.717, 1.165) is 26.1 Å². The molecular weight excluding hydrogens is 208 g/mol. The predicted molar refractivity (Wildman–Crippen MR) is 75.3 cm³/mol. The average molecular weight is 234 g/mol. The molecule has 0 bridgehead atoms. The fourth-order valence-corrected chi connectivity index (χ4v) is 1.69. The second kappa shape index (κ2) is 6.18. The molecule has 0 aliphatic rings. The summed E-state index contributed by atoms with van der Waals surface area (Å²) in [5.41, 5.74) is 10.0. The first-order valence-corrected chi connectivity index (χ1v) is 6.41. The Morgan fingerprint density at radius 3 is 2.47 bits per heavy atom. The van der Waals surface area contributed by atoms with Gasteiger partial charge in [-0.15, -0.1) is 0 Å². The molecule has 0 saturated carbocycles. The zero-order chi connectivity index (χ0) is 12.9. The van der Waals surface area contributed by atoms with Gasteiger partial charge in [-0.3, -0.25) is 0 Å². The molecule has 17 heavy (non-hydrogen) atoms. The maximum atomic E-state index is 5.70. The van der Waals surface area contributed by atoms with Gasteiger partial charge in [0, 0.05) is 6.54 Å². The summed E-state index contributed by atoms with van der Waals surface area (Å²) >= 11 is 0. The van der Waals surface area contributed by atoms with Gasteiger partial charge in [-0.25, -0.2) is 0 Å². The van der Waals surface area contributed by atoms with Gasteiger partial charge >= 0.3 is 0 Å². The maximum absolute atomic E-state index is 5.70. The summed E-state index contributed by atoms with van der Waals surface area (Å²) in [6.45, 7) is 11.4. The third-order valence-electron chi connectivity index (χ3n) is 3.32. The first kappa shape index (κ1) is 14.2. The summed E-state index contributed by atoms with van der Waals surface area (Å²) < 4.78 is 0. The third-order valence-corrected chi connectivity index (χ3v) is 3.32. The van der Waals surface area contributed by atoms with E-state index in [1.54, 1.807) is 0 Å². The molecule has 0 radical (unpaired) electrons. The fourth-order valence-electron chi connectivity index (χ4n) is 1.69. The van der Waals surface area contributed by atoms with Crippen molar-refractivity contribution in [3.63, 3.8) is 0 Å². The Labute approximate surface area is 106 Å². The van der Waals surface area contributed by atoms with E-state index in [9.17, 15) is 0 Å². The number of nitrogens with two attached hydrogens (primary N) is 1. The lowest BCUT2D eigenvalue weighted by atomic mass is 9.94. The van der Waals surface area contributed by atoms with E-state index < -0.39 is 0 Å². The topological polar surface area (TPSA) is 38.0 Å². The van der Waals surface area contributed by atoms with Gasteiger partial charge in [0.25, 0.3) is 0 Å². The van der Waals surface area contributed by atoms with E-state index in [1.807, 2.05) is 0 Å². The van der Waals surface area contributed by atoms with Gasteiger partial charge in [-0.2, -0.15) is 0 Å². The molecule has 96 valence electrons. The zero-order valence-electron chi connectivity index (χ0n) is 11.6. The van der Waals surface area contributed by atoms with Crippen LogP contribution < -0.4 is 11.1 Å². The van der Waals surface area contributed by atoms with Gasteiger partial charge in [-0.1, -0.05) is 32.0 Å². The van der Waals surface area contributed by atoms with Gasteiger partial charge in [-0.05, 0) is 55.5 Å². The Bertz CT molecular complexity index is 356. The molecule has 0 unspecified atom stereocenters. The van der Waals surface area contributed by atoms with Crippen molar-refractivity contribution in [3.8, 4) is 0 Å². The molecule has 0 saturated heterocycles. The van der Waals surface area contributed by atoms with E-state index in [4.69, 9.17) is 5.73 Å². The molecule has 0 heterocycles. The number of hydrogen-bond acceptors (Lipinski definition) is 2. The highest BCUT2D eigenvalue weighted by molar-refractivity contribution is 5.29. The summed E-state index contributed by atoms with van der Waals surface area (Å²) in [4.78, 5) is 0. The van der Waals surface area contributed by atoms with Crippen LogP contribution in [-0.2, 0) is 6.42 Å². The van der Waals surface area contributed by atoms with Gasteiger partial charge in [0.2, 0.25) is 0 Å². The molecule has 1 rings (SSSR count). The number of benzene rings is 1. The van der Waals surface area contributed by atoms with Crippen LogP contribution in [0.2, 0.25) is 0 Å². The normalized spacial score (nSPS) is 11.8. The van der Waals surface area contributed by atoms with Crippen LogP contribution >= 0.6 is 0 Å². The van der Waals surface area contributed by atoms with Crippen LogP contribution in [0.25, 0.3) is 0 Å². The van der Waals surface area contributed by atoms with Crippen LogP contribution in [0.4, 0.5) is 0 Å². The molecule has 0 aliphatic heterocycles. The second-order valence-electron chi connectivity index (χ2n) is 5.71. The monoisotopic (exact) mass is 234 g/mol. The standard InChI is InChI=1S/C15H26N2/c1-12-5-6-14(9-13(12)2)7-8-17-11-15(3,4)10-16/h5-6,9,17H,7-8,10-11,16H2,1-4H3. The Kier molecular flexibility index (Phi) is 5.16. The van der Waals surface area contributed by atoms with Crippen LogP contribution in [0, 0.1) is 19.3 Å². The minimum Gasteiger partial charge on any atom is -0.330 e. The Morgan fingerprint density at radius 1 is 1.18 bits per heavy atom. The number of aryl methyl sites for hydroxylation is 2. The van der Waals surface area contributed by atoms with Crippen molar-refractivity contribution in [1.29, 1.82) is 0 Å². The van der Waals surface area contributed by atoms with Gasteiger partial charge < -0.3 is 11.1 Å². The maximum Gasteiger partial charge on any atom is 0.00147 e. The van der Waals surface area contributed by atoms with Crippen LogP contribution in [0.1, 0.15) is 30.5 Å². The fraction of sp³-hybridized carbons (Fsp3) is 0.600. The largest absolute Gasteiger partial charge is 0.330 e. The summed E-state index contributed by atoms with van der Waals surface area (Å²) in [5, 5.41) is 3.48. The molecule has 3 N–H and O–H groups in total. The SMILES string of the molecule is Cc1ccc(CCNCC(C)(C)CN)cc1C. The predicted octanol–water partition coefficient (Wildman–Crippen LogP) is 2.42. The molecular formula is C15H26N2. The quantitative estimate of drug-likeness (QED) is 0.742. The Morgan fingerprint density at radius 2 is 1.88 bits per heavy atom. The van der Waals surface area contributed by atoms with Crippen molar-refractivity contribution in [2.45, 2.75) is 34.1 Å². The van der Waals surface area contributed by atoms with Crippen molar-refractivity contribution < 1.29 is 0 Å². The molecule has 2 heteroatoms. The number of nitrogens with one attached hydrogen (secondary N) is 1. The van der Waals surface area contributed by atoms with Crippen molar-refractivity contribution in [1.82, 2.24) is 5.32 Å². The molecule has 0 atom stereocenters. The first-order chi connectivity index (χ1) is 7.94. The minimum absolute atomic E-state index is 0.198. The molecule has 1 aromatic rings. The lowest BCUT2D eigenvalue weighted by Crippen LogP contribution is -2.36. The summed E-state index contributed by atoms with van der Waals surface area (Å²) in [6.07, 6.45) is 1.09. The molecule has 0 fully saturated rings. The number of rotatable bonds is 6. The Hall–Kier alpha value is -0.860. The van der Waals surface area contributed by atoms with Crippen molar-refractivity contribution >= 4 is 0 Å². The van der Waals surface area contributed by atoms with Crippen LogP contribution in [-0.4, -0.2) is 19.6 Å². The average Bonchev–Trinajstić information content (AvgIpc) is 2.29. The molecule has 1 aromatic carbocycles. The van der Waals surface area contributed by atoms with Crippen molar-refractivity contribution in [2.24, 2.45) is 11.1 Å². The minimum atomic E-state index is 0.198. The highest BCUT2D eigenvalue weighted by atomic mass is 14.9. The first-order valence-electron chi connectivity index (χ1n) is 6.41. The van der Waals surface area contributed by atoms with Crippen molar-refractivity contribution in [3.05, 3.63) is 34.9 Å². The number of hydrogen-bond donors (Lipinski definition) is 2. The van der Waals surface area contributed by atoms with Gasteiger partial charge in [0.05, 0.1) is 0 Å². The molecule has 0 aromatic heterocycles. The summed E-state index contributed by atoms with van der Waals surface area (Å²) in [5.74, 6) is 0. The highest BCUT2D eigenvalue weighted by Gasteiger charge is 2.13. The molecule has 0 amide bonds. The lowest BCUT2D eigenvalue weighted by molar-refractivity contribution is 0.353. The van der Waals surface area contributed by atoms with E-state index in [-0.39, 0.29) is 5.41 Å². The second-order valence-corrected chi connectivity index (χ2v) is 5.71. The lowest BCUT2D eigenvalue weighted by Gasteiger charge is -2.22. The van der Waals surface area contributed by atoms with E-state index >= 15 is 0 Å². The molecule has 2 nitrogen and oxygen atoms in total. The van der Waals surface area contributed by atoms with E-state index in [2.05, 4.69) is 51.2 Å². The highest BCUT2D eigenvalue weighted by Crippen LogP contribution is 2.11. The smallest absolute Gasteiger partial charge is 0.00147 e.